The lowest BCUT2D eigenvalue weighted by Gasteiger charge is -2.26. The minimum absolute atomic E-state index is 0.196. The number of rotatable bonds is 6. The van der Waals surface area contributed by atoms with Gasteiger partial charge in [-0.05, 0) is 55.2 Å². The maximum Gasteiger partial charge on any atom is 0.418 e. The van der Waals surface area contributed by atoms with Crippen molar-refractivity contribution >= 4 is 28.9 Å². The molecular weight excluding hydrogens is 530 g/mol. The van der Waals surface area contributed by atoms with E-state index in [0.717, 1.165) is 43.9 Å². The Morgan fingerprint density at radius 3 is 2.29 bits per heavy atom. The average molecular weight is 559 g/mol. The highest BCUT2D eigenvalue weighted by atomic mass is 32.2. The Morgan fingerprint density at radius 1 is 1.00 bits per heavy atom. The van der Waals surface area contributed by atoms with Crippen LogP contribution in [0, 0.1) is 0 Å². The number of anilines is 1. The van der Waals surface area contributed by atoms with Gasteiger partial charge in [0.25, 0.3) is 0 Å². The summed E-state index contributed by atoms with van der Waals surface area (Å²) in [5.41, 5.74) is -3.71. The maximum absolute atomic E-state index is 14.3. The lowest BCUT2D eigenvalue weighted by molar-refractivity contribution is -0.163. The number of nitrogens with one attached hydrogen (secondary N) is 1. The third kappa shape index (κ3) is 6.85. The lowest BCUT2D eigenvalue weighted by atomic mass is 9.94. The van der Waals surface area contributed by atoms with Gasteiger partial charge in [-0.25, -0.2) is 0 Å². The molecule has 2 fully saturated rings. The number of alkyl halides is 6. The summed E-state index contributed by atoms with van der Waals surface area (Å²) >= 11 is 0.632. The van der Waals surface area contributed by atoms with E-state index in [2.05, 4.69) is 5.32 Å². The summed E-state index contributed by atoms with van der Waals surface area (Å²) in [6.45, 7) is 2.30. The number of carbonyl (C=O) groups is 1. The predicted molar refractivity (Wildman–Crippen MR) is 134 cm³/mol. The molecule has 38 heavy (non-hydrogen) atoms. The number of hydrogen-bond acceptors (Lipinski definition) is 4. The molecule has 1 N–H and O–H groups in total. The molecule has 1 aliphatic carbocycles. The lowest BCUT2D eigenvalue weighted by Crippen LogP contribution is -2.39. The first-order chi connectivity index (χ1) is 17.9. The van der Waals surface area contributed by atoms with Crippen LogP contribution in [0.5, 0.6) is 0 Å². The largest absolute Gasteiger partial charge is 0.418 e. The molecule has 4 nitrogen and oxygen atoms in total. The molecule has 0 bridgehead atoms. The zero-order valence-corrected chi connectivity index (χ0v) is 21.5. The molecule has 1 heterocycles. The number of amides is 1. The number of allylic oxidation sites excluding steroid dienone is 1. The van der Waals surface area contributed by atoms with Gasteiger partial charge in [-0.2, -0.15) is 26.3 Å². The first kappa shape index (κ1) is 28.4. The third-order valence-electron chi connectivity index (χ3n) is 6.61. The number of ether oxygens (including phenoxy) is 1. The minimum Gasteiger partial charge on any atom is -0.382 e. The molecule has 2 aromatic carbocycles. The summed E-state index contributed by atoms with van der Waals surface area (Å²) in [6, 6.07) is 9.00. The van der Waals surface area contributed by atoms with Crippen LogP contribution in [-0.2, 0) is 21.9 Å². The second-order valence-electron chi connectivity index (χ2n) is 9.38. The van der Waals surface area contributed by atoms with E-state index in [1.165, 1.54) is 11.8 Å². The van der Waals surface area contributed by atoms with Gasteiger partial charge in [-0.3, -0.25) is 4.79 Å². The third-order valence-corrected chi connectivity index (χ3v) is 7.66. The van der Waals surface area contributed by atoms with Crippen LogP contribution in [0.25, 0.3) is 5.57 Å². The number of benzene rings is 2. The highest BCUT2D eigenvalue weighted by Crippen LogP contribution is 2.49. The Balaban J connectivity index is 1.72. The molecular formula is C27H28F6N2O2S. The molecule has 1 saturated heterocycles. The van der Waals surface area contributed by atoms with Gasteiger partial charge in [-0.15, -0.1) is 0 Å². The second kappa shape index (κ2) is 11.6. The van der Waals surface area contributed by atoms with E-state index < -0.39 is 39.8 Å². The Hall–Kier alpha value is -2.66. The van der Waals surface area contributed by atoms with Crippen molar-refractivity contribution in [2.24, 2.45) is 0 Å². The van der Waals surface area contributed by atoms with Crippen molar-refractivity contribution in [2.45, 2.75) is 60.8 Å². The summed E-state index contributed by atoms with van der Waals surface area (Å²) < 4.78 is 90.7. The average Bonchev–Trinajstić information content (AvgIpc) is 3.36. The molecule has 0 spiro atoms. The highest BCUT2D eigenvalue weighted by molar-refractivity contribution is 7.99. The molecule has 1 aliphatic heterocycles. The Labute approximate surface area is 221 Å². The van der Waals surface area contributed by atoms with Crippen LogP contribution in [0.4, 0.5) is 32.0 Å². The minimum atomic E-state index is -5.31. The van der Waals surface area contributed by atoms with Crippen LogP contribution < -0.4 is 5.32 Å². The molecule has 0 radical (unpaired) electrons. The molecule has 2 aliphatic rings. The quantitative estimate of drug-likeness (QED) is 0.295. The zero-order chi connectivity index (χ0) is 27.5. The standard InChI is InChI=1S/C27H28F6N2O2S/c1-17(15-23(36)35-11-13-37-14-12-35)21-9-10-22(25(27(31,32)33)24(21)26(28,29)30)38-20-8-4-7-19(16-20)34-18-5-2-3-6-18/h4,7-10,15-16,18,34H,2-3,5-6,11-14H2,1H3/b17-15+. The van der Waals surface area contributed by atoms with E-state index in [1.807, 2.05) is 0 Å². The normalized spacial score (nSPS) is 17.7. The van der Waals surface area contributed by atoms with Crippen LogP contribution in [0.3, 0.4) is 0 Å². The number of morpholine rings is 1. The molecule has 206 valence electrons. The topological polar surface area (TPSA) is 41.6 Å². The van der Waals surface area contributed by atoms with E-state index in [4.69, 9.17) is 4.74 Å². The van der Waals surface area contributed by atoms with E-state index >= 15 is 0 Å². The van der Waals surface area contributed by atoms with Crippen molar-refractivity contribution in [3.63, 3.8) is 0 Å². The molecule has 0 unspecified atom stereocenters. The fourth-order valence-electron chi connectivity index (χ4n) is 4.79. The number of nitrogens with zero attached hydrogens (tertiary/aromatic N) is 1. The van der Waals surface area contributed by atoms with E-state index in [9.17, 15) is 31.1 Å². The highest BCUT2D eigenvalue weighted by Gasteiger charge is 2.47. The summed E-state index contributed by atoms with van der Waals surface area (Å²) in [7, 11) is 0. The van der Waals surface area contributed by atoms with Crippen molar-refractivity contribution in [3.8, 4) is 0 Å². The van der Waals surface area contributed by atoms with Crippen LogP contribution in [0.15, 0.2) is 52.3 Å². The molecule has 1 saturated carbocycles. The van der Waals surface area contributed by atoms with Crippen LogP contribution in [-0.4, -0.2) is 43.2 Å². The predicted octanol–water partition coefficient (Wildman–Crippen LogP) is 7.49. The SMILES string of the molecule is C/C(=C\C(=O)N1CCOCC1)c1ccc(Sc2cccc(NC3CCCC3)c2)c(C(F)(F)F)c1C(F)(F)F. The number of carbonyl (C=O) groups excluding carboxylic acids is 1. The van der Waals surface area contributed by atoms with Gasteiger partial charge in [0.15, 0.2) is 0 Å². The molecule has 0 atom stereocenters. The summed E-state index contributed by atoms with van der Waals surface area (Å²) in [5.74, 6) is -0.572. The zero-order valence-electron chi connectivity index (χ0n) is 20.7. The van der Waals surface area contributed by atoms with E-state index in [-0.39, 0.29) is 37.9 Å². The second-order valence-corrected chi connectivity index (χ2v) is 10.5. The van der Waals surface area contributed by atoms with Crippen LogP contribution in [0.2, 0.25) is 0 Å². The van der Waals surface area contributed by atoms with Gasteiger partial charge in [-0.1, -0.05) is 36.7 Å². The molecule has 1 amide bonds. The number of hydrogen-bond donors (Lipinski definition) is 1. The first-order valence-electron chi connectivity index (χ1n) is 12.3. The van der Waals surface area contributed by atoms with Gasteiger partial charge in [0.1, 0.15) is 0 Å². The van der Waals surface area contributed by atoms with E-state index in [0.29, 0.717) is 22.3 Å². The van der Waals surface area contributed by atoms with Gasteiger partial charge in [0, 0.05) is 40.7 Å². The Morgan fingerprint density at radius 2 is 1.66 bits per heavy atom. The van der Waals surface area contributed by atoms with Gasteiger partial charge >= 0.3 is 12.4 Å². The molecule has 11 heteroatoms. The molecule has 0 aromatic heterocycles. The van der Waals surface area contributed by atoms with Crippen molar-refractivity contribution in [3.05, 3.63) is 59.2 Å². The van der Waals surface area contributed by atoms with Crippen LogP contribution in [0.1, 0.15) is 49.3 Å². The molecule has 4 rings (SSSR count). The first-order valence-corrected chi connectivity index (χ1v) is 13.2. The monoisotopic (exact) mass is 558 g/mol. The van der Waals surface area contributed by atoms with Crippen LogP contribution >= 0.6 is 11.8 Å². The smallest absolute Gasteiger partial charge is 0.382 e. The van der Waals surface area contributed by atoms with Gasteiger partial charge in [0.05, 0.1) is 24.3 Å². The van der Waals surface area contributed by atoms with Crippen molar-refractivity contribution in [2.75, 3.05) is 31.6 Å². The summed E-state index contributed by atoms with van der Waals surface area (Å²) in [6.07, 6.45) is -5.45. The summed E-state index contributed by atoms with van der Waals surface area (Å²) in [5, 5.41) is 3.35. The fourth-order valence-corrected chi connectivity index (χ4v) is 5.84. The van der Waals surface area contributed by atoms with Crippen molar-refractivity contribution < 1.29 is 35.9 Å². The fraction of sp³-hybridized carbons (Fsp3) is 0.444. The Kier molecular flexibility index (Phi) is 8.66. The van der Waals surface area contributed by atoms with Crippen molar-refractivity contribution in [1.82, 2.24) is 4.90 Å². The van der Waals surface area contributed by atoms with Gasteiger partial charge < -0.3 is 15.0 Å². The molecule has 2 aromatic rings. The number of halogens is 6. The maximum atomic E-state index is 14.3. The summed E-state index contributed by atoms with van der Waals surface area (Å²) in [4.78, 5) is 13.8. The van der Waals surface area contributed by atoms with E-state index in [1.54, 1.807) is 24.3 Å². The van der Waals surface area contributed by atoms with Crippen molar-refractivity contribution in [1.29, 1.82) is 0 Å². The van der Waals surface area contributed by atoms with Gasteiger partial charge in [0.2, 0.25) is 5.91 Å². The Bertz CT molecular complexity index is 1180.